The first-order valence-electron chi connectivity index (χ1n) is 6.58. The molecule has 0 aliphatic heterocycles. The normalized spacial score (nSPS) is 12.5. The van der Waals surface area contributed by atoms with Crippen molar-refractivity contribution in [2.24, 2.45) is 5.73 Å². The van der Waals surface area contributed by atoms with E-state index in [1.54, 1.807) is 0 Å². The Morgan fingerprint density at radius 3 is 2.70 bits per heavy atom. The summed E-state index contributed by atoms with van der Waals surface area (Å²) in [4.78, 5) is 4.67. The summed E-state index contributed by atoms with van der Waals surface area (Å²) in [6, 6.07) is 20.4. The van der Waals surface area contributed by atoms with Gasteiger partial charge in [-0.1, -0.05) is 52.3 Å². The molecule has 0 fully saturated rings. The summed E-state index contributed by atoms with van der Waals surface area (Å²) in [6.45, 7) is 0. The highest BCUT2D eigenvalue weighted by Gasteiger charge is 2.09. The maximum Gasteiger partial charge on any atom is 0.0705 e. The zero-order chi connectivity index (χ0) is 13.9. The highest BCUT2D eigenvalue weighted by molar-refractivity contribution is 9.10. The lowest BCUT2D eigenvalue weighted by molar-refractivity contribution is 0.708. The van der Waals surface area contributed by atoms with Crippen LogP contribution in [0.15, 0.2) is 65.1 Å². The van der Waals surface area contributed by atoms with Crippen LogP contribution in [-0.2, 0) is 6.42 Å². The number of pyridine rings is 1. The third-order valence-corrected chi connectivity index (χ3v) is 3.86. The molecule has 1 unspecified atom stereocenters. The monoisotopic (exact) mass is 326 g/mol. The third-order valence-electron chi connectivity index (χ3n) is 3.36. The minimum Gasteiger partial charge on any atom is -0.324 e. The molecule has 0 aliphatic rings. The highest BCUT2D eigenvalue weighted by Crippen LogP contribution is 2.20. The van der Waals surface area contributed by atoms with Gasteiger partial charge in [0.25, 0.3) is 0 Å². The van der Waals surface area contributed by atoms with Gasteiger partial charge >= 0.3 is 0 Å². The molecule has 100 valence electrons. The quantitative estimate of drug-likeness (QED) is 0.781. The van der Waals surface area contributed by atoms with Gasteiger partial charge in [0.15, 0.2) is 0 Å². The van der Waals surface area contributed by atoms with Crippen LogP contribution in [0.2, 0.25) is 0 Å². The molecular weight excluding hydrogens is 312 g/mol. The second-order valence-electron chi connectivity index (χ2n) is 4.86. The van der Waals surface area contributed by atoms with Crippen LogP contribution in [0.5, 0.6) is 0 Å². The van der Waals surface area contributed by atoms with Gasteiger partial charge in [0, 0.05) is 28.0 Å². The van der Waals surface area contributed by atoms with Crippen LogP contribution in [0.4, 0.5) is 0 Å². The zero-order valence-electron chi connectivity index (χ0n) is 11.0. The van der Waals surface area contributed by atoms with Crippen LogP contribution >= 0.6 is 15.9 Å². The Labute approximate surface area is 126 Å². The second kappa shape index (κ2) is 5.73. The minimum atomic E-state index is -0.0406. The number of rotatable bonds is 3. The molecule has 20 heavy (non-hydrogen) atoms. The summed E-state index contributed by atoms with van der Waals surface area (Å²) in [5, 5.41) is 1.16. The van der Waals surface area contributed by atoms with Crippen LogP contribution in [-0.4, -0.2) is 4.98 Å². The Balaban J connectivity index is 1.85. The fourth-order valence-corrected chi connectivity index (χ4v) is 2.72. The van der Waals surface area contributed by atoms with Crippen LogP contribution in [0.25, 0.3) is 10.9 Å². The predicted molar refractivity (Wildman–Crippen MR) is 86.5 cm³/mol. The van der Waals surface area contributed by atoms with Crippen molar-refractivity contribution in [2.75, 3.05) is 0 Å². The molecule has 2 aromatic carbocycles. The molecule has 1 heterocycles. The average molecular weight is 327 g/mol. The van der Waals surface area contributed by atoms with Crippen molar-refractivity contribution >= 4 is 26.8 Å². The van der Waals surface area contributed by atoms with Crippen molar-refractivity contribution in [2.45, 2.75) is 12.5 Å². The molecule has 2 N–H and O–H groups in total. The topological polar surface area (TPSA) is 38.9 Å². The van der Waals surface area contributed by atoms with Crippen molar-refractivity contribution in [3.63, 3.8) is 0 Å². The number of aromatic nitrogens is 1. The van der Waals surface area contributed by atoms with Gasteiger partial charge in [-0.2, -0.15) is 0 Å². The summed E-state index contributed by atoms with van der Waals surface area (Å²) < 4.78 is 1.05. The van der Waals surface area contributed by atoms with E-state index in [0.29, 0.717) is 0 Å². The lowest BCUT2D eigenvalue weighted by Gasteiger charge is -2.12. The van der Waals surface area contributed by atoms with E-state index in [1.165, 1.54) is 0 Å². The molecule has 0 aliphatic carbocycles. The lowest BCUT2D eigenvalue weighted by atomic mass is 10.0. The first-order chi connectivity index (χ1) is 9.72. The number of fused-ring (bicyclic) bond motifs is 1. The number of benzene rings is 2. The zero-order valence-corrected chi connectivity index (χ0v) is 12.5. The van der Waals surface area contributed by atoms with Gasteiger partial charge < -0.3 is 5.73 Å². The van der Waals surface area contributed by atoms with Gasteiger partial charge in [-0.15, -0.1) is 0 Å². The molecule has 2 nitrogen and oxygen atoms in total. The Hall–Kier alpha value is -1.71. The minimum absolute atomic E-state index is 0.0406. The fraction of sp³-hybridized carbons (Fsp3) is 0.118. The van der Waals surface area contributed by atoms with Crippen molar-refractivity contribution < 1.29 is 0 Å². The molecule has 0 saturated carbocycles. The summed E-state index contributed by atoms with van der Waals surface area (Å²) in [5.74, 6) is 0. The van der Waals surface area contributed by atoms with Crippen LogP contribution in [0.3, 0.4) is 0 Å². The van der Waals surface area contributed by atoms with Crippen molar-refractivity contribution in [1.29, 1.82) is 0 Å². The molecule has 1 atom stereocenters. The molecular formula is C17H15BrN2. The molecule has 1 aromatic heterocycles. The molecule has 0 amide bonds. The number of para-hydroxylation sites is 1. The average Bonchev–Trinajstić information content (AvgIpc) is 2.47. The van der Waals surface area contributed by atoms with Gasteiger partial charge in [-0.05, 0) is 29.8 Å². The summed E-state index contributed by atoms with van der Waals surface area (Å²) >= 11 is 3.48. The van der Waals surface area contributed by atoms with E-state index in [1.807, 2.05) is 30.3 Å². The molecule has 3 aromatic rings. The molecule has 0 bridgehead atoms. The Kier molecular flexibility index (Phi) is 3.81. The maximum atomic E-state index is 6.28. The SMILES string of the molecule is NC(Cc1ccc2ccccc2n1)c1cccc(Br)c1. The second-order valence-corrected chi connectivity index (χ2v) is 5.78. The highest BCUT2D eigenvalue weighted by atomic mass is 79.9. The van der Waals surface area contributed by atoms with E-state index < -0.39 is 0 Å². The van der Waals surface area contributed by atoms with Crippen LogP contribution in [0, 0.1) is 0 Å². The molecule has 0 spiro atoms. The smallest absolute Gasteiger partial charge is 0.0705 e. The summed E-state index contributed by atoms with van der Waals surface area (Å²) in [5.41, 5.74) is 9.44. The number of hydrogen-bond donors (Lipinski definition) is 1. The van der Waals surface area contributed by atoms with Gasteiger partial charge in [0.1, 0.15) is 0 Å². The van der Waals surface area contributed by atoms with Crippen molar-refractivity contribution in [3.8, 4) is 0 Å². The first-order valence-corrected chi connectivity index (χ1v) is 7.37. The van der Waals surface area contributed by atoms with Crippen molar-refractivity contribution in [3.05, 3.63) is 76.4 Å². The van der Waals surface area contributed by atoms with Gasteiger partial charge in [0.05, 0.1) is 5.52 Å². The van der Waals surface area contributed by atoms with E-state index in [0.717, 1.165) is 33.1 Å². The lowest BCUT2D eigenvalue weighted by Crippen LogP contribution is -2.14. The van der Waals surface area contributed by atoms with Gasteiger partial charge in [-0.25, -0.2) is 0 Å². The van der Waals surface area contributed by atoms with E-state index >= 15 is 0 Å². The maximum absolute atomic E-state index is 6.28. The number of hydrogen-bond acceptors (Lipinski definition) is 2. The van der Waals surface area contributed by atoms with Crippen LogP contribution < -0.4 is 5.73 Å². The summed E-state index contributed by atoms with van der Waals surface area (Å²) in [6.07, 6.45) is 0.737. The Morgan fingerprint density at radius 1 is 1.00 bits per heavy atom. The first kappa shape index (κ1) is 13.3. The Bertz CT molecular complexity index is 740. The fourth-order valence-electron chi connectivity index (χ4n) is 2.30. The third kappa shape index (κ3) is 2.89. The molecule has 3 rings (SSSR count). The molecule has 0 radical (unpaired) electrons. The number of halogens is 1. The van der Waals surface area contributed by atoms with E-state index in [-0.39, 0.29) is 6.04 Å². The largest absolute Gasteiger partial charge is 0.324 e. The van der Waals surface area contributed by atoms with Crippen LogP contribution in [0.1, 0.15) is 17.3 Å². The predicted octanol–water partition coefficient (Wildman–Crippen LogP) is 4.24. The van der Waals surface area contributed by atoms with Crippen molar-refractivity contribution in [1.82, 2.24) is 4.98 Å². The number of nitrogens with zero attached hydrogens (tertiary/aromatic N) is 1. The molecule has 0 saturated heterocycles. The number of nitrogens with two attached hydrogens (primary N) is 1. The van der Waals surface area contributed by atoms with Gasteiger partial charge in [0.2, 0.25) is 0 Å². The van der Waals surface area contributed by atoms with E-state index in [2.05, 4.69) is 51.2 Å². The van der Waals surface area contributed by atoms with E-state index in [9.17, 15) is 0 Å². The standard InChI is InChI=1S/C17H15BrN2/c18-14-6-3-5-13(10-14)16(19)11-15-9-8-12-4-1-2-7-17(12)20-15/h1-10,16H,11,19H2. The summed E-state index contributed by atoms with van der Waals surface area (Å²) in [7, 11) is 0. The van der Waals surface area contributed by atoms with E-state index in [4.69, 9.17) is 5.73 Å². The molecule has 3 heteroatoms. The van der Waals surface area contributed by atoms with Gasteiger partial charge in [-0.3, -0.25) is 4.98 Å². The Morgan fingerprint density at radius 2 is 1.85 bits per heavy atom.